The zero-order valence-corrected chi connectivity index (χ0v) is 8.90. The number of carbonyl (C=O) groups excluding carboxylic acids is 2. The molecule has 1 heterocycles. The fraction of sp³-hybridized carbons (Fsp3) is 0.333. The summed E-state index contributed by atoms with van der Waals surface area (Å²) in [7, 11) is 1.56. The van der Waals surface area contributed by atoms with Gasteiger partial charge in [0.2, 0.25) is 0 Å². The Kier molecular flexibility index (Phi) is 3.64. The minimum atomic E-state index is -0.162. The minimum Gasteiger partial charge on any atom is -0.354 e. The van der Waals surface area contributed by atoms with E-state index in [0.29, 0.717) is 16.3 Å². The Hall–Kier alpha value is -1.36. The maximum Gasteiger partial charge on any atom is 0.261 e. The first-order valence-electron chi connectivity index (χ1n) is 4.29. The van der Waals surface area contributed by atoms with Crippen LogP contribution >= 0.6 is 11.3 Å². The molecule has 5 heteroatoms. The van der Waals surface area contributed by atoms with Crippen molar-refractivity contribution in [2.45, 2.75) is 6.92 Å². The van der Waals surface area contributed by atoms with Crippen LogP contribution in [0.15, 0.2) is 12.1 Å². The molecule has 2 amide bonds. The van der Waals surface area contributed by atoms with E-state index in [9.17, 15) is 9.59 Å². The van der Waals surface area contributed by atoms with Gasteiger partial charge in [0.1, 0.15) is 0 Å². The lowest BCUT2D eigenvalue weighted by Gasteiger charge is -1.97. The highest BCUT2D eigenvalue weighted by Gasteiger charge is 2.11. The van der Waals surface area contributed by atoms with Crippen molar-refractivity contribution in [2.24, 2.45) is 0 Å². The van der Waals surface area contributed by atoms with E-state index in [4.69, 9.17) is 0 Å². The van der Waals surface area contributed by atoms with Crippen molar-refractivity contribution in [3.8, 4) is 0 Å². The van der Waals surface area contributed by atoms with Gasteiger partial charge < -0.3 is 10.6 Å². The van der Waals surface area contributed by atoms with E-state index in [0.717, 1.165) is 0 Å². The fourth-order valence-corrected chi connectivity index (χ4v) is 1.82. The van der Waals surface area contributed by atoms with Gasteiger partial charge in [-0.05, 0) is 19.1 Å². The van der Waals surface area contributed by atoms with Gasteiger partial charge in [-0.3, -0.25) is 9.59 Å². The molecule has 1 aromatic rings. The number of hydrogen-bond acceptors (Lipinski definition) is 3. The van der Waals surface area contributed by atoms with Crippen LogP contribution in [0.1, 0.15) is 26.3 Å². The zero-order valence-electron chi connectivity index (χ0n) is 8.09. The first-order valence-corrected chi connectivity index (χ1v) is 5.10. The molecule has 0 saturated carbocycles. The van der Waals surface area contributed by atoms with Gasteiger partial charge >= 0.3 is 0 Å². The molecule has 0 saturated heterocycles. The van der Waals surface area contributed by atoms with Gasteiger partial charge in [0, 0.05) is 13.6 Å². The number of amides is 2. The van der Waals surface area contributed by atoms with Crippen molar-refractivity contribution in [1.82, 2.24) is 10.6 Å². The summed E-state index contributed by atoms with van der Waals surface area (Å²) in [6.45, 7) is 2.44. The minimum absolute atomic E-state index is 0.132. The molecule has 0 spiro atoms. The van der Waals surface area contributed by atoms with Gasteiger partial charge in [-0.2, -0.15) is 0 Å². The molecule has 0 aliphatic rings. The molecule has 4 nitrogen and oxygen atoms in total. The molecule has 1 aromatic heterocycles. The Morgan fingerprint density at radius 3 is 2.36 bits per heavy atom. The van der Waals surface area contributed by atoms with Crippen molar-refractivity contribution < 1.29 is 9.59 Å². The van der Waals surface area contributed by atoms with E-state index >= 15 is 0 Å². The second-order valence-electron chi connectivity index (χ2n) is 2.60. The summed E-state index contributed by atoms with van der Waals surface area (Å²) in [4.78, 5) is 23.6. The molecular formula is C9H12N2O2S. The Labute approximate surface area is 86.3 Å². The predicted molar refractivity (Wildman–Crippen MR) is 55.7 cm³/mol. The largest absolute Gasteiger partial charge is 0.354 e. The van der Waals surface area contributed by atoms with Crippen LogP contribution in [0.3, 0.4) is 0 Å². The van der Waals surface area contributed by atoms with Crippen LogP contribution in [0.25, 0.3) is 0 Å². The molecule has 0 fully saturated rings. The lowest BCUT2D eigenvalue weighted by Crippen LogP contribution is -2.21. The van der Waals surface area contributed by atoms with Gasteiger partial charge in [0.25, 0.3) is 11.8 Å². The Morgan fingerprint density at radius 2 is 1.86 bits per heavy atom. The monoisotopic (exact) mass is 212 g/mol. The van der Waals surface area contributed by atoms with E-state index in [-0.39, 0.29) is 11.8 Å². The van der Waals surface area contributed by atoms with E-state index in [1.165, 1.54) is 11.3 Å². The average molecular weight is 212 g/mol. The molecule has 0 bridgehead atoms. The van der Waals surface area contributed by atoms with Gasteiger partial charge in [-0.25, -0.2) is 0 Å². The standard InChI is InChI=1S/C9H12N2O2S/c1-3-11-9(13)7-5-4-6(14-7)8(12)10-2/h4-5H,3H2,1-2H3,(H,10,12)(H,11,13). The van der Waals surface area contributed by atoms with Crippen molar-refractivity contribution in [3.05, 3.63) is 21.9 Å². The molecule has 14 heavy (non-hydrogen) atoms. The molecular weight excluding hydrogens is 200 g/mol. The van der Waals surface area contributed by atoms with Crippen LogP contribution in [-0.4, -0.2) is 25.4 Å². The lowest BCUT2D eigenvalue weighted by atomic mass is 10.4. The van der Waals surface area contributed by atoms with Crippen LogP contribution in [0.5, 0.6) is 0 Å². The maximum absolute atomic E-state index is 11.3. The molecule has 1 rings (SSSR count). The summed E-state index contributed by atoms with van der Waals surface area (Å²) < 4.78 is 0. The molecule has 0 unspecified atom stereocenters. The van der Waals surface area contributed by atoms with Gasteiger partial charge in [-0.15, -0.1) is 11.3 Å². The number of thiophene rings is 1. The second kappa shape index (κ2) is 4.76. The highest BCUT2D eigenvalue weighted by atomic mass is 32.1. The molecule has 0 radical (unpaired) electrons. The third-order valence-corrected chi connectivity index (χ3v) is 2.70. The van der Waals surface area contributed by atoms with Crippen LogP contribution < -0.4 is 10.6 Å². The van der Waals surface area contributed by atoms with E-state index in [2.05, 4.69) is 10.6 Å². The maximum atomic E-state index is 11.3. The second-order valence-corrected chi connectivity index (χ2v) is 3.69. The predicted octanol–water partition coefficient (Wildman–Crippen LogP) is 0.857. The quantitative estimate of drug-likeness (QED) is 0.780. The number of hydrogen-bond donors (Lipinski definition) is 2. The highest BCUT2D eigenvalue weighted by Crippen LogP contribution is 2.15. The third kappa shape index (κ3) is 2.32. The van der Waals surface area contributed by atoms with E-state index in [1.54, 1.807) is 19.2 Å². The summed E-state index contributed by atoms with van der Waals surface area (Å²) in [5.41, 5.74) is 0. The molecule has 0 aliphatic carbocycles. The zero-order chi connectivity index (χ0) is 10.6. The van der Waals surface area contributed by atoms with Crippen LogP contribution in [-0.2, 0) is 0 Å². The van der Waals surface area contributed by atoms with Crippen molar-refractivity contribution >= 4 is 23.2 Å². The van der Waals surface area contributed by atoms with Crippen molar-refractivity contribution in [3.63, 3.8) is 0 Å². The Balaban J connectivity index is 2.77. The van der Waals surface area contributed by atoms with Crippen LogP contribution in [0, 0.1) is 0 Å². The van der Waals surface area contributed by atoms with Gasteiger partial charge in [-0.1, -0.05) is 0 Å². The fourth-order valence-electron chi connectivity index (χ4n) is 0.953. The number of nitrogens with one attached hydrogen (secondary N) is 2. The molecule has 2 N–H and O–H groups in total. The number of rotatable bonds is 3. The molecule has 76 valence electrons. The SMILES string of the molecule is CCNC(=O)c1ccc(C(=O)NC)s1. The van der Waals surface area contributed by atoms with E-state index in [1.807, 2.05) is 6.92 Å². The summed E-state index contributed by atoms with van der Waals surface area (Å²) in [5.74, 6) is -0.293. The van der Waals surface area contributed by atoms with Gasteiger partial charge in [0.05, 0.1) is 9.75 Å². The van der Waals surface area contributed by atoms with Crippen molar-refractivity contribution in [2.75, 3.05) is 13.6 Å². The summed E-state index contributed by atoms with van der Waals surface area (Å²) in [6.07, 6.45) is 0. The smallest absolute Gasteiger partial charge is 0.261 e. The van der Waals surface area contributed by atoms with Crippen LogP contribution in [0.4, 0.5) is 0 Å². The summed E-state index contributed by atoms with van der Waals surface area (Å²) in [6, 6.07) is 3.30. The van der Waals surface area contributed by atoms with Crippen molar-refractivity contribution in [1.29, 1.82) is 0 Å². The lowest BCUT2D eigenvalue weighted by molar-refractivity contribution is 0.0955. The third-order valence-electron chi connectivity index (χ3n) is 1.62. The van der Waals surface area contributed by atoms with Gasteiger partial charge in [0.15, 0.2) is 0 Å². The average Bonchev–Trinajstić information content (AvgIpc) is 2.66. The first kappa shape index (κ1) is 10.7. The Morgan fingerprint density at radius 1 is 1.29 bits per heavy atom. The number of carbonyl (C=O) groups is 2. The normalized spacial score (nSPS) is 9.57. The summed E-state index contributed by atoms with van der Waals surface area (Å²) in [5, 5.41) is 5.18. The summed E-state index contributed by atoms with van der Waals surface area (Å²) >= 11 is 1.19. The topological polar surface area (TPSA) is 58.2 Å². The molecule has 0 aliphatic heterocycles. The first-order chi connectivity index (χ1) is 6.69. The Bertz CT molecular complexity index is 346. The highest BCUT2D eigenvalue weighted by molar-refractivity contribution is 7.15. The van der Waals surface area contributed by atoms with E-state index < -0.39 is 0 Å². The molecule has 0 atom stereocenters. The molecule has 0 aromatic carbocycles. The van der Waals surface area contributed by atoms with Crippen LogP contribution in [0.2, 0.25) is 0 Å².